The maximum atomic E-state index is 11.5. The highest BCUT2D eigenvalue weighted by molar-refractivity contribution is 5.96. The van der Waals surface area contributed by atoms with E-state index in [1.54, 1.807) is 6.07 Å². The molecule has 132 valence electrons. The first-order chi connectivity index (χ1) is 12.2. The van der Waals surface area contributed by atoms with Crippen molar-refractivity contribution >= 4 is 12.0 Å². The molecule has 0 aliphatic carbocycles. The average molecular weight is 336 g/mol. The van der Waals surface area contributed by atoms with Crippen LogP contribution in [0.3, 0.4) is 0 Å². The number of rotatable bonds is 9. The van der Waals surface area contributed by atoms with Crippen molar-refractivity contribution in [1.29, 1.82) is 0 Å². The van der Waals surface area contributed by atoms with Gasteiger partial charge in [0.2, 0.25) is 0 Å². The molecule has 25 heavy (non-hydrogen) atoms. The summed E-state index contributed by atoms with van der Waals surface area (Å²) in [6.07, 6.45) is 11.2. The molecule has 0 spiro atoms. The van der Waals surface area contributed by atoms with Gasteiger partial charge in [-0.25, -0.2) is 4.79 Å². The molecule has 0 bridgehead atoms. The van der Waals surface area contributed by atoms with Crippen LogP contribution in [-0.4, -0.2) is 11.1 Å². The van der Waals surface area contributed by atoms with Gasteiger partial charge in [-0.3, -0.25) is 0 Å². The van der Waals surface area contributed by atoms with Crippen LogP contribution in [0.15, 0.2) is 48.5 Å². The number of carbonyl (C=O) groups is 1. The zero-order valence-electron chi connectivity index (χ0n) is 15.3. The molecular formula is C23H28O2. The lowest BCUT2D eigenvalue weighted by atomic mass is 9.95. The van der Waals surface area contributed by atoms with Gasteiger partial charge in [0.15, 0.2) is 0 Å². The summed E-state index contributed by atoms with van der Waals surface area (Å²) in [7, 11) is 0. The van der Waals surface area contributed by atoms with Crippen molar-refractivity contribution in [2.24, 2.45) is 0 Å². The third-order valence-corrected chi connectivity index (χ3v) is 4.36. The van der Waals surface area contributed by atoms with Gasteiger partial charge in [0.1, 0.15) is 0 Å². The Kier molecular flexibility index (Phi) is 7.46. The van der Waals surface area contributed by atoms with Crippen LogP contribution in [0.2, 0.25) is 0 Å². The van der Waals surface area contributed by atoms with Crippen molar-refractivity contribution < 1.29 is 9.90 Å². The Morgan fingerprint density at radius 2 is 1.76 bits per heavy atom. The van der Waals surface area contributed by atoms with E-state index in [1.807, 2.05) is 24.3 Å². The van der Waals surface area contributed by atoms with Gasteiger partial charge >= 0.3 is 5.97 Å². The molecule has 0 fully saturated rings. The third-order valence-electron chi connectivity index (χ3n) is 4.36. The van der Waals surface area contributed by atoms with Gasteiger partial charge in [-0.05, 0) is 47.6 Å². The van der Waals surface area contributed by atoms with Crippen molar-refractivity contribution in [3.8, 4) is 11.1 Å². The Morgan fingerprint density at radius 3 is 2.40 bits per heavy atom. The number of carboxylic acids is 1. The Balaban J connectivity index is 2.20. The van der Waals surface area contributed by atoms with E-state index in [1.165, 1.54) is 24.8 Å². The van der Waals surface area contributed by atoms with E-state index >= 15 is 0 Å². The smallest absolute Gasteiger partial charge is 0.336 e. The quantitative estimate of drug-likeness (QED) is 0.524. The van der Waals surface area contributed by atoms with Crippen LogP contribution in [0.25, 0.3) is 17.2 Å². The standard InChI is InChI=1S/C23H28O2/c1-3-5-6-7-8-10-18-11-14-20(15-12-18)22-17-19(9-4-2)13-16-21(22)23(24)25/h8,10-17H,3-7,9H2,1-2H3,(H,24,25). The average Bonchev–Trinajstić information content (AvgIpc) is 2.62. The number of hydrogen-bond donors (Lipinski definition) is 1. The molecule has 0 saturated heterocycles. The number of hydrogen-bond acceptors (Lipinski definition) is 1. The fourth-order valence-corrected chi connectivity index (χ4v) is 2.97. The predicted molar refractivity (Wildman–Crippen MR) is 106 cm³/mol. The van der Waals surface area contributed by atoms with Crippen molar-refractivity contribution in [2.45, 2.75) is 52.4 Å². The molecule has 0 radical (unpaired) electrons. The number of carboxylic acid groups (broad SMARTS) is 1. The zero-order chi connectivity index (χ0) is 18.1. The van der Waals surface area contributed by atoms with Gasteiger partial charge in [-0.15, -0.1) is 0 Å². The highest BCUT2D eigenvalue weighted by atomic mass is 16.4. The van der Waals surface area contributed by atoms with Crippen LogP contribution in [0.1, 0.15) is 67.4 Å². The first kappa shape index (κ1) is 19.0. The molecule has 0 amide bonds. The van der Waals surface area contributed by atoms with Crippen LogP contribution in [0.4, 0.5) is 0 Å². The van der Waals surface area contributed by atoms with Crippen molar-refractivity contribution in [2.75, 3.05) is 0 Å². The molecule has 0 aliphatic rings. The lowest BCUT2D eigenvalue weighted by molar-refractivity contribution is 0.0697. The number of unbranched alkanes of at least 4 members (excludes halogenated alkanes) is 3. The van der Waals surface area contributed by atoms with Crippen LogP contribution in [0.5, 0.6) is 0 Å². The monoisotopic (exact) mass is 336 g/mol. The summed E-state index contributed by atoms with van der Waals surface area (Å²) < 4.78 is 0. The van der Waals surface area contributed by atoms with E-state index in [2.05, 4.69) is 38.1 Å². The molecular weight excluding hydrogens is 308 g/mol. The number of aryl methyl sites for hydroxylation is 1. The normalized spacial score (nSPS) is 11.1. The number of benzene rings is 2. The van der Waals surface area contributed by atoms with Crippen LogP contribution in [-0.2, 0) is 6.42 Å². The molecule has 2 aromatic rings. The molecule has 0 heterocycles. The van der Waals surface area contributed by atoms with E-state index in [0.29, 0.717) is 5.56 Å². The summed E-state index contributed by atoms with van der Waals surface area (Å²) in [5.41, 5.74) is 4.46. The second-order valence-corrected chi connectivity index (χ2v) is 6.46. The van der Waals surface area contributed by atoms with Gasteiger partial charge in [0.25, 0.3) is 0 Å². The lowest BCUT2D eigenvalue weighted by Crippen LogP contribution is -2.00. The number of aromatic carboxylic acids is 1. The minimum Gasteiger partial charge on any atom is -0.478 e. The van der Waals surface area contributed by atoms with E-state index in [-0.39, 0.29) is 0 Å². The van der Waals surface area contributed by atoms with Crippen LogP contribution < -0.4 is 0 Å². The minimum absolute atomic E-state index is 0.364. The minimum atomic E-state index is -0.877. The Hall–Kier alpha value is -2.35. The molecule has 2 nitrogen and oxygen atoms in total. The highest BCUT2D eigenvalue weighted by Gasteiger charge is 2.12. The predicted octanol–water partition coefficient (Wildman–Crippen LogP) is 6.60. The summed E-state index contributed by atoms with van der Waals surface area (Å²) >= 11 is 0. The molecule has 0 unspecified atom stereocenters. The largest absolute Gasteiger partial charge is 0.478 e. The summed E-state index contributed by atoms with van der Waals surface area (Å²) in [6, 6.07) is 13.8. The van der Waals surface area contributed by atoms with E-state index in [0.717, 1.165) is 36.0 Å². The summed E-state index contributed by atoms with van der Waals surface area (Å²) in [5, 5.41) is 9.48. The van der Waals surface area contributed by atoms with Crippen molar-refractivity contribution in [3.05, 3.63) is 65.2 Å². The van der Waals surface area contributed by atoms with Gasteiger partial charge < -0.3 is 5.11 Å². The van der Waals surface area contributed by atoms with Gasteiger partial charge in [-0.2, -0.15) is 0 Å². The Labute approximate surface area is 151 Å². The van der Waals surface area contributed by atoms with Gasteiger partial charge in [-0.1, -0.05) is 81.7 Å². The third kappa shape index (κ3) is 5.60. The second-order valence-electron chi connectivity index (χ2n) is 6.46. The molecule has 0 aromatic heterocycles. The van der Waals surface area contributed by atoms with E-state index in [4.69, 9.17) is 0 Å². The Bertz CT molecular complexity index is 711. The summed E-state index contributed by atoms with van der Waals surface area (Å²) in [6.45, 7) is 4.34. The maximum Gasteiger partial charge on any atom is 0.336 e. The highest BCUT2D eigenvalue weighted by Crippen LogP contribution is 2.26. The fraction of sp³-hybridized carbons (Fsp3) is 0.348. The molecule has 2 aromatic carbocycles. The topological polar surface area (TPSA) is 37.3 Å². The van der Waals surface area contributed by atoms with Gasteiger partial charge in [0, 0.05) is 0 Å². The molecule has 2 heteroatoms. The molecule has 0 saturated carbocycles. The first-order valence-corrected chi connectivity index (χ1v) is 9.29. The molecule has 2 rings (SSSR count). The van der Waals surface area contributed by atoms with Crippen LogP contribution >= 0.6 is 0 Å². The lowest BCUT2D eigenvalue weighted by Gasteiger charge is -2.09. The van der Waals surface area contributed by atoms with E-state index in [9.17, 15) is 9.90 Å². The maximum absolute atomic E-state index is 11.5. The van der Waals surface area contributed by atoms with Crippen LogP contribution in [0, 0.1) is 0 Å². The van der Waals surface area contributed by atoms with Crippen molar-refractivity contribution in [1.82, 2.24) is 0 Å². The fourth-order valence-electron chi connectivity index (χ4n) is 2.97. The molecule has 0 atom stereocenters. The first-order valence-electron chi connectivity index (χ1n) is 9.29. The second kappa shape index (κ2) is 9.83. The van der Waals surface area contributed by atoms with Crippen molar-refractivity contribution in [3.63, 3.8) is 0 Å². The SMILES string of the molecule is CCCCCC=Cc1ccc(-c2cc(CCC)ccc2C(=O)O)cc1. The summed E-state index contributed by atoms with van der Waals surface area (Å²) in [4.78, 5) is 11.5. The van der Waals surface area contributed by atoms with Gasteiger partial charge in [0.05, 0.1) is 5.56 Å². The summed E-state index contributed by atoms with van der Waals surface area (Å²) in [5.74, 6) is -0.877. The Morgan fingerprint density at radius 1 is 1.00 bits per heavy atom. The molecule has 1 N–H and O–H groups in total. The molecule has 0 aliphatic heterocycles. The van der Waals surface area contributed by atoms with E-state index < -0.39 is 5.97 Å². The number of allylic oxidation sites excluding steroid dienone is 1. The zero-order valence-corrected chi connectivity index (χ0v) is 15.3.